The number of hydrogen-bond donors (Lipinski definition) is 0. The van der Waals surface area contributed by atoms with Crippen molar-refractivity contribution in [3.63, 3.8) is 0 Å². The van der Waals surface area contributed by atoms with Crippen molar-refractivity contribution in [3.05, 3.63) is 58.6 Å². The largest absolute Gasteiger partial charge is 0.543 e. The predicted molar refractivity (Wildman–Crippen MR) is 105 cm³/mol. The summed E-state index contributed by atoms with van der Waals surface area (Å²) in [6, 6.07) is 11.0. The van der Waals surface area contributed by atoms with E-state index in [0.29, 0.717) is 5.75 Å². The Labute approximate surface area is 160 Å². The van der Waals surface area contributed by atoms with E-state index in [1.165, 1.54) is 30.3 Å². The van der Waals surface area contributed by atoms with Crippen molar-refractivity contribution in [2.45, 2.75) is 43.8 Å². The third kappa shape index (κ3) is 5.07. The van der Waals surface area contributed by atoms with Gasteiger partial charge in [0.2, 0.25) is 8.32 Å². The highest BCUT2D eigenvalue weighted by atomic mass is 32.2. The Bertz CT molecular complexity index is 933. The summed E-state index contributed by atoms with van der Waals surface area (Å²) in [5.41, 5.74) is -0.321. The number of hydrogen-bond acceptors (Lipinski definition) is 6. The lowest BCUT2D eigenvalue weighted by atomic mass is 10.2. The van der Waals surface area contributed by atoms with Crippen molar-refractivity contribution < 1.29 is 22.0 Å². The van der Waals surface area contributed by atoms with Crippen LogP contribution in [0.1, 0.15) is 20.8 Å². The van der Waals surface area contributed by atoms with Crippen molar-refractivity contribution >= 4 is 24.1 Å². The van der Waals surface area contributed by atoms with Gasteiger partial charge in [0.05, 0.1) is 4.92 Å². The highest BCUT2D eigenvalue weighted by molar-refractivity contribution is 7.87. The van der Waals surface area contributed by atoms with Gasteiger partial charge in [-0.2, -0.15) is 8.42 Å². The van der Waals surface area contributed by atoms with Gasteiger partial charge in [-0.15, -0.1) is 0 Å². The smallest absolute Gasteiger partial charge is 0.339 e. The summed E-state index contributed by atoms with van der Waals surface area (Å²) in [6.45, 7) is 10.6. The molecule has 0 aromatic heterocycles. The summed E-state index contributed by atoms with van der Waals surface area (Å²) >= 11 is 0. The Morgan fingerprint density at radius 2 is 1.56 bits per heavy atom. The molecule has 2 rings (SSSR count). The van der Waals surface area contributed by atoms with Crippen LogP contribution in [0.3, 0.4) is 0 Å². The molecule has 0 saturated carbocycles. The molecule has 0 aliphatic carbocycles. The maximum absolute atomic E-state index is 12.4. The van der Waals surface area contributed by atoms with Gasteiger partial charge in [-0.25, -0.2) is 0 Å². The number of benzene rings is 2. The summed E-state index contributed by atoms with van der Waals surface area (Å²) in [5.74, 6) is 0.741. The van der Waals surface area contributed by atoms with Crippen LogP contribution < -0.4 is 8.61 Å². The SMILES string of the molecule is CC(C)(C)[Si](C)(C)Oc1ccc(OS(=O)(=O)c2cccc([N+](=O)[O-])c2)cc1. The Morgan fingerprint density at radius 3 is 2.07 bits per heavy atom. The molecule has 0 spiro atoms. The Hall–Kier alpha value is -2.39. The van der Waals surface area contributed by atoms with Crippen molar-refractivity contribution in [3.8, 4) is 11.5 Å². The second kappa shape index (κ2) is 7.32. The molecular weight excluding hydrogens is 386 g/mol. The zero-order valence-corrected chi connectivity index (χ0v) is 17.7. The molecule has 0 aliphatic heterocycles. The first kappa shape index (κ1) is 20.9. The van der Waals surface area contributed by atoms with E-state index < -0.39 is 23.4 Å². The van der Waals surface area contributed by atoms with Crippen LogP contribution in [-0.2, 0) is 10.1 Å². The van der Waals surface area contributed by atoms with Crippen LogP contribution in [0.2, 0.25) is 18.1 Å². The minimum absolute atomic E-state index is 0.0353. The molecule has 0 amide bonds. The van der Waals surface area contributed by atoms with Gasteiger partial charge in [-0.1, -0.05) is 26.8 Å². The van der Waals surface area contributed by atoms with Crippen LogP contribution in [-0.4, -0.2) is 21.7 Å². The normalized spacial score (nSPS) is 12.5. The van der Waals surface area contributed by atoms with Gasteiger partial charge in [0.25, 0.3) is 5.69 Å². The second-order valence-electron chi connectivity index (χ2n) is 7.63. The van der Waals surface area contributed by atoms with Crippen LogP contribution >= 0.6 is 0 Å². The van der Waals surface area contributed by atoms with Crippen LogP contribution in [0.4, 0.5) is 5.69 Å². The molecule has 7 nitrogen and oxygen atoms in total. The van der Waals surface area contributed by atoms with E-state index in [-0.39, 0.29) is 21.4 Å². The van der Waals surface area contributed by atoms with Gasteiger partial charge in [0.15, 0.2) is 0 Å². The highest BCUT2D eigenvalue weighted by Crippen LogP contribution is 2.37. The lowest BCUT2D eigenvalue weighted by Crippen LogP contribution is -2.43. The van der Waals surface area contributed by atoms with Gasteiger partial charge in [0.1, 0.15) is 16.4 Å². The molecular formula is C18H23NO6SSi. The van der Waals surface area contributed by atoms with E-state index in [4.69, 9.17) is 8.61 Å². The fourth-order valence-corrected chi connectivity index (χ4v) is 3.94. The monoisotopic (exact) mass is 409 g/mol. The molecule has 2 aromatic carbocycles. The fraction of sp³-hybridized carbons (Fsp3) is 0.333. The van der Waals surface area contributed by atoms with Crippen molar-refractivity contribution in [1.82, 2.24) is 0 Å². The van der Waals surface area contributed by atoms with Gasteiger partial charge < -0.3 is 8.61 Å². The lowest BCUT2D eigenvalue weighted by Gasteiger charge is -2.36. The van der Waals surface area contributed by atoms with Gasteiger partial charge in [-0.05, 0) is 48.5 Å². The maximum Gasteiger partial charge on any atom is 0.339 e. The van der Waals surface area contributed by atoms with Crippen LogP contribution in [0.25, 0.3) is 0 Å². The van der Waals surface area contributed by atoms with E-state index >= 15 is 0 Å². The average Bonchev–Trinajstić information content (AvgIpc) is 2.55. The molecule has 27 heavy (non-hydrogen) atoms. The van der Waals surface area contributed by atoms with E-state index in [0.717, 1.165) is 6.07 Å². The number of rotatable bonds is 6. The van der Waals surface area contributed by atoms with Crippen LogP contribution in [0.15, 0.2) is 53.4 Å². The lowest BCUT2D eigenvalue weighted by molar-refractivity contribution is -0.385. The standard InChI is InChI=1S/C18H23NO6SSi/c1-18(2,3)27(4,5)25-16-11-9-15(10-12-16)24-26(22,23)17-8-6-7-14(13-17)19(20)21/h6-13H,1-5H3. The molecule has 0 saturated heterocycles. The summed E-state index contributed by atoms with van der Waals surface area (Å²) in [6.07, 6.45) is 0. The highest BCUT2D eigenvalue weighted by Gasteiger charge is 2.38. The van der Waals surface area contributed by atoms with Crippen molar-refractivity contribution in [2.75, 3.05) is 0 Å². The number of nitro groups is 1. The van der Waals surface area contributed by atoms with Gasteiger partial charge in [-0.3, -0.25) is 10.1 Å². The zero-order valence-electron chi connectivity index (χ0n) is 15.9. The molecule has 0 N–H and O–H groups in total. The molecule has 0 unspecified atom stereocenters. The zero-order chi connectivity index (χ0) is 20.5. The first-order valence-electron chi connectivity index (χ1n) is 8.30. The minimum atomic E-state index is -4.18. The van der Waals surface area contributed by atoms with Crippen LogP contribution in [0.5, 0.6) is 11.5 Å². The number of nitrogens with zero attached hydrogens (tertiary/aromatic N) is 1. The van der Waals surface area contributed by atoms with E-state index in [1.54, 1.807) is 12.1 Å². The van der Waals surface area contributed by atoms with Gasteiger partial charge in [0, 0.05) is 12.1 Å². The van der Waals surface area contributed by atoms with E-state index in [1.807, 2.05) is 0 Å². The number of non-ortho nitro benzene ring substituents is 1. The second-order valence-corrected chi connectivity index (χ2v) is 13.9. The van der Waals surface area contributed by atoms with E-state index in [9.17, 15) is 18.5 Å². The van der Waals surface area contributed by atoms with Gasteiger partial charge >= 0.3 is 10.1 Å². The summed E-state index contributed by atoms with van der Waals surface area (Å²) in [7, 11) is -6.18. The molecule has 0 heterocycles. The quantitative estimate of drug-likeness (QED) is 0.296. The molecule has 0 fully saturated rings. The fourth-order valence-electron chi connectivity index (χ4n) is 1.94. The molecule has 0 aliphatic rings. The summed E-state index contributed by atoms with van der Waals surface area (Å²) in [4.78, 5) is 9.88. The van der Waals surface area contributed by atoms with E-state index in [2.05, 4.69) is 33.9 Å². The molecule has 9 heteroatoms. The Balaban J connectivity index is 2.18. The molecule has 146 valence electrons. The van der Waals surface area contributed by atoms with Crippen molar-refractivity contribution in [2.24, 2.45) is 0 Å². The Morgan fingerprint density at radius 1 is 1.00 bits per heavy atom. The Kier molecular flexibility index (Phi) is 5.67. The summed E-state index contributed by atoms with van der Waals surface area (Å²) < 4.78 is 35.9. The molecule has 0 bridgehead atoms. The topological polar surface area (TPSA) is 95.7 Å². The number of nitro benzene ring substituents is 1. The third-order valence-electron chi connectivity index (χ3n) is 4.53. The summed E-state index contributed by atoms with van der Waals surface area (Å²) in [5, 5.41) is 10.9. The van der Waals surface area contributed by atoms with Crippen molar-refractivity contribution in [1.29, 1.82) is 0 Å². The maximum atomic E-state index is 12.4. The molecule has 0 atom stereocenters. The predicted octanol–water partition coefficient (Wildman–Crippen LogP) is 4.75. The molecule has 0 radical (unpaired) electrons. The first-order chi connectivity index (χ1) is 12.3. The third-order valence-corrected chi connectivity index (χ3v) is 10.1. The first-order valence-corrected chi connectivity index (χ1v) is 12.6. The minimum Gasteiger partial charge on any atom is -0.543 e. The van der Waals surface area contributed by atoms with Crippen LogP contribution in [0, 0.1) is 10.1 Å². The average molecular weight is 410 g/mol. The molecule has 2 aromatic rings.